The third kappa shape index (κ3) is 4.50. The first-order valence-electron chi connectivity index (χ1n) is 5.78. The molecule has 0 bridgehead atoms. The van der Waals surface area contributed by atoms with Crippen LogP contribution in [0.5, 0.6) is 0 Å². The predicted molar refractivity (Wildman–Crippen MR) is 67.0 cm³/mol. The molecule has 1 aromatic heterocycles. The molecular weight excluding hydrogens is 216 g/mol. The summed E-state index contributed by atoms with van der Waals surface area (Å²) in [5.74, 6) is -0.311. The zero-order valence-electron chi connectivity index (χ0n) is 10.2. The van der Waals surface area contributed by atoms with Gasteiger partial charge in [0, 0.05) is 37.9 Å². The van der Waals surface area contributed by atoms with Crippen molar-refractivity contribution in [2.75, 3.05) is 13.1 Å². The van der Waals surface area contributed by atoms with E-state index in [0.717, 1.165) is 18.7 Å². The SMILES string of the molecule is CCN(Cc1ccncc1)C(CN)CC(N)=O. The summed E-state index contributed by atoms with van der Waals surface area (Å²) in [5, 5.41) is 0. The molecule has 0 fully saturated rings. The highest BCUT2D eigenvalue weighted by Crippen LogP contribution is 2.09. The average Bonchev–Trinajstić information content (AvgIpc) is 2.34. The van der Waals surface area contributed by atoms with Gasteiger partial charge in [0.05, 0.1) is 0 Å². The van der Waals surface area contributed by atoms with Crippen LogP contribution in [-0.2, 0) is 11.3 Å². The quantitative estimate of drug-likeness (QED) is 0.703. The van der Waals surface area contributed by atoms with Gasteiger partial charge in [0.15, 0.2) is 0 Å². The molecular formula is C12H20N4O. The van der Waals surface area contributed by atoms with Gasteiger partial charge < -0.3 is 11.5 Å². The second-order valence-corrected chi connectivity index (χ2v) is 3.98. The van der Waals surface area contributed by atoms with Crippen molar-refractivity contribution in [3.8, 4) is 0 Å². The highest BCUT2D eigenvalue weighted by atomic mass is 16.1. The van der Waals surface area contributed by atoms with Crippen molar-refractivity contribution in [3.05, 3.63) is 30.1 Å². The Morgan fingerprint density at radius 1 is 1.47 bits per heavy atom. The number of carbonyl (C=O) groups excluding carboxylic acids is 1. The lowest BCUT2D eigenvalue weighted by Gasteiger charge is -2.29. The first-order valence-corrected chi connectivity index (χ1v) is 5.78. The fourth-order valence-electron chi connectivity index (χ4n) is 1.82. The molecule has 17 heavy (non-hydrogen) atoms. The second-order valence-electron chi connectivity index (χ2n) is 3.98. The third-order valence-corrected chi connectivity index (χ3v) is 2.77. The van der Waals surface area contributed by atoms with Crippen LogP contribution in [0.4, 0.5) is 0 Å². The first-order chi connectivity index (χ1) is 8.17. The fourth-order valence-corrected chi connectivity index (χ4v) is 1.82. The Bertz CT molecular complexity index is 342. The van der Waals surface area contributed by atoms with Crippen molar-refractivity contribution in [2.45, 2.75) is 25.9 Å². The van der Waals surface area contributed by atoms with Crippen LogP contribution in [0.1, 0.15) is 18.9 Å². The molecule has 0 aliphatic heterocycles. The number of nitrogens with two attached hydrogens (primary N) is 2. The van der Waals surface area contributed by atoms with Crippen LogP contribution in [0, 0.1) is 0 Å². The van der Waals surface area contributed by atoms with Gasteiger partial charge in [-0.2, -0.15) is 0 Å². The molecule has 4 N–H and O–H groups in total. The molecule has 94 valence electrons. The summed E-state index contributed by atoms with van der Waals surface area (Å²) < 4.78 is 0. The molecule has 5 heteroatoms. The van der Waals surface area contributed by atoms with Gasteiger partial charge in [-0.3, -0.25) is 14.7 Å². The third-order valence-electron chi connectivity index (χ3n) is 2.77. The summed E-state index contributed by atoms with van der Waals surface area (Å²) in [5.41, 5.74) is 12.1. The Hall–Kier alpha value is -1.46. The molecule has 0 aliphatic carbocycles. The molecule has 0 aromatic carbocycles. The monoisotopic (exact) mass is 236 g/mol. The minimum Gasteiger partial charge on any atom is -0.370 e. The molecule has 0 aliphatic rings. The minimum absolute atomic E-state index is 0.00525. The smallest absolute Gasteiger partial charge is 0.219 e. The van der Waals surface area contributed by atoms with Crippen LogP contribution in [0.3, 0.4) is 0 Å². The van der Waals surface area contributed by atoms with Gasteiger partial charge in [0.1, 0.15) is 0 Å². The van der Waals surface area contributed by atoms with Crippen LogP contribution < -0.4 is 11.5 Å². The maximum Gasteiger partial charge on any atom is 0.219 e. The number of carbonyl (C=O) groups is 1. The van der Waals surface area contributed by atoms with Crippen LogP contribution in [0.25, 0.3) is 0 Å². The van der Waals surface area contributed by atoms with Crippen LogP contribution >= 0.6 is 0 Å². The van der Waals surface area contributed by atoms with Gasteiger partial charge in [0.2, 0.25) is 5.91 Å². The Labute approximate surface area is 102 Å². The van der Waals surface area contributed by atoms with Crippen LogP contribution in [0.15, 0.2) is 24.5 Å². The fraction of sp³-hybridized carbons (Fsp3) is 0.500. The number of pyridine rings is 1. The molecule has 1 aromatic rings. The Morgan fingerprint density at radius 2 is 2.12 bits per heavy atom. The minimum atomic E-state index is -0.311. The number of aromatic nitrogens is 1. The number of rotatable bonds is 7. The largest absolute Gasteiger partial charge is 0.370 e. The molecule has 0 saturated heterocycles. The summed E-state index contributed by atoms with van der Waals surface area (Å²) in [7, 11) is 0. The predicted octanol–water partition coefficient (Wildman–Crippen LogP) is 0.106. The molecule has 0 spiro atoms. The van der Waals surface area contributed by atoms with Crippen molar-refractivity contribution >= 4 is 5.91 Å². The number of likely N-dealkylation sites (N-methyl/N-ethyl adjacent to an activating group) is 1. The number of hydrogen-bond acceptors (Lipinski definition) is 4. The molecule has 0 radical (unpaired) electrons. The van der Waals surface area contributed by atoms with E-state index in [4.69, 9.17) is 11.5 Å². The molecule has 1 heterocycles. The van der Waals surface area contributed by atoms with Crippen molar-refractivity contribution in [1.82, 2.24) is 9.88 Å². The number of nitrogens with zero attached hydrogens (tertiary/aromatic N) is 2. The van der Waals surface area contributed by atoms with Crippen molar-refractivity contribution in [3.63, 3.8) is 0 Å². The zero-order valence-corrected chi connectivity index (χ0v) is 10.2. The zero-order chi connectivity index (χ0) is 12.7. The summed E-state index contributed by atoms with van der Waals surface area (Å²) in [6.45, 7) is 4.07. The van der Waals surface area contributed by atoms with Gasteiger partial charge in [-0.05, 0) is 24.2 Å². The Balaban J connectivity index is 2.66. The highest BCUT2D eigenvalue weighted by molar-refractivity contribution is 5.74. The Kier molecular flexibility index (Phi) is 5.59. The van der Waals surface area contributed by atoms with Gasteiger partial charge in [-0.1, -0.05) is 6.92 Å². The molecule has 1 amide bonds. The number of primary amides is 1. The maximum atomic E-state index is 11.0. The number of hydrogen-bond donors (Lipinski definition) is 2. The van der Waals surface area contributed by atoms with E-state index in [-0.39, 0.29) is 11.9 Å². The van der Waals surface area contributed by atoms with E-state index >= 15 is 0 Å². The lowest BCUT2D eigenvalue weighted by atomic mass is 10.1. The van der Waals surface area contributed by atoms with Gasteiger partial charge in [-0.15, -0.1) is 0 Å². The standard InChI is InChI=1S/C12H20N4O/c1-2-16(11(8-13)7-12(14)17)9-10-3-5-15-6-4-10/h3-6,11H,2,7-9,13H2,1H3,(H2,14,17). The summed E-state index contributed by atoms with van der Waals surface area (Å²) >= 11 is 0. The Morgan fingerprint density at radius 3 is 2.59 bits per heavy atom. The topological polar surface area (TPSA) is 85.2 Å². The average molecular weight is 236 g/mol. The maximum absolute atomic E-state index is 11.0. The highest BCUT2D eigenvalue weighted by Gasteiger charge is 2.17. The van der Waals surface area contributed by atoms with E-state index < -0.39 is 0 Å². The molecule has 5 nitrogen and oxygen atoms in total. The van der Waals surface area contributed by atoms with E-state index in [1.165, 1.54) is 0 Å². The summed E-state index contributed by atoms with van der Waals surface area (Å²) in [6.07, 6.45) is 3.82. The normalized spacial score (nSPS) is 12.6. The van der Waals surface area contributed by atoms with Gasteiger partial charge >= 0.3 is 0 Å². The summed E-state index contributed by atoms with van der Waals surface area (Å²) in [4.78, 5) is 17.1. The lowest BCUT2D eigenvalue weighted by molar-refractivity contribution is -0.119. The summed E-state index contributed by atoms with van der Waals surface area (Å²) in [6, 6.07) is 3.92. The van der Waals surface area contributed by atoms with E-state index in [2.05, 4.69) is 9.88 Å². The van der Waals surface area contributed by atoms with E-state index in [0.29, 0.717) is 13.0 Å². The molecule has 1 unspecified atom stereocenters. The van der Waals surface area contributed by atoms with Crippen LogP contribution in [-0.4, -0.2) is 34.9 Å². The van der Waals surface area contributed by atoms with Gasteiger partial charge in [0.25, 0.3) is 0 Å². The van der Waals surface area contributed by atoms with E-state index in [1.807, 2.05) is 19.1 Å². The molecule has 1 atom stereocenters. The van der Waals surface area contributed by atoms with E-state index in [1.54, 1.807) is 12.4 Å². The van der Waals surface area contributed by atoms with Crippen molar-refractivity contribution in [2.24, 2.45) is 11.5 Å². The lowest BCUT2D eigenvalue weighted by Crippen LogP contribution is -2.42. The molecule has 1 rings (SSSR count). The molecule has 0 saturated carbocycles. The van der Waals surface area contributed by atoms with Crippen LogP contribution in [0.2, 0.25) is 0 Å². The van der Waals surface area contributed by atoms with Crippen molar-refractivity contribution in [1.29, 1.82) is 0 Å². The second kappa shape index (κ2) is 6.98. The van der Waals surface area contributed by atoms with Crippen molar-refractivity contribution < 1.29 is 4.79 Å². The first kappa shape index (κ1) is 13.6. The van der Waals surface area contributed by atoms with Gasteiger partial charge in [-0.25, -0.2) is 0 Å². The number of amides is 1. The van der Waals surface area contributed by atoms with E-state index in [9.17, 15) is 4.79 Å².